The second kappa shape index (κ2) is 5.94. The van der Waals surface area contributed by atoms with Crippen LogP contribution >= 0.6 is 0 Å². The van der Waals surface area contributed by atoms with Crippen molar-refractivity contribution < 1.29 is 8.78 Å². The fraction of sp³-hybridized carbons (Fsp3) is 0.571. The SMILES string of the molecule is CNC(c1c(F)cccc1F)C1CN(C)CCN1C. The van der Waals surface area contributed by atoms with E-state index in [1.54, 1.807) is 7.05 Å². The first-order valence-corrected chi connectivity index (χ1v) is 6.54. The normalized spacial score (nSPS) is 23.5. The summed E-state index contributed by atoms with van der Waals surface area (Å²) in [4.78, 5) is 4.35. The molecule has 1 aromatic rings. The summed E-state index contributed by atoms with van der Waals surface area (Å²) in [6.07, 6.45) is 0. The number of hydrogen-bond donors (Lipinski definition) is 1. The van der Waals surface area contributed by atoms with E-state index < -0.39 is 11.6 Å². The van der Waals surface area contributed by atoms with Gasteiger partial charge in [0.15, 0.2) is 0 Å². The van der Waals surface area contributed by atoms with Crippen molar-refractivity contribution >= 4 is 0 Å². The van der Waals surface area contributed by atoms with Crippen molar-refractivity contribution in [1.29, 1.82) is 0 Å². The highest BCUT2D eigenvalue weighted by molar-refractivity contribution is 5.25. The van der Waals surface area contributed by atoms with E-state index in [2.05, 4.69) is 15.1 Å². The van der Waals surface area contributed by atoms with Crippen molar-refractivity contribution in [2.75, 3.05) is 40.8 Å². The predicted octanol–water partition coefficient (Wildman–Crippen LogP) is 1.47. The van der Waals surface area contributed by atoms with Gasteiger partial charge in [-0.05, 0) is 33.3 Å². The van der Waals surface area contributed by atoms with Gasteiger partial charge in [-0.2, -0.15) is 0 Å². The standard InChI is InChI=1S/C14H21F2N3/c1-17-14(12-9-18(2)7-8-19(12)3)13-10(15)5-4-6-11(13)16/h4-6,12,14,17H,7-9H2,1-3H3. The minimum atomic E-state index is -0.485. The number of rotatable bonds is 3. The lowest BCUT2D eigenvalue weighted by atomic mass is 9.95. The Kier molecular flexibility index (Phi) is 4.50. The molecule has 0 spiro atoms. The van der Waals surface area contributed by atoms with E-state index in [0.717, 1.165) is 19.6 Å². The molecule has 0 radical (unpaired) electrons. The fourth-order valence-corrected chi connectivity index (χ4v) is 2.74. The fourth-order valence-electron chi connectivity index (χ4n) is 2.74. The number of halogens is 2. The maximum absolute atomic E-state index is 14.0. The molecule has 1 fully saturated rings. The summed E-state index contributed by atoms with van der Waals surface area (Å²) in [6, 6.07) is 3.73. The molecule has 1 aliphatic heterocycles. The highest BCUT2D eigenvalue weighted by atomic mass is 19.1. The molecule has 1 N–H and O–H groups in total. The van der Waals surface area contributed by atoms with Crippen LogP contribution in [0, 0.1) is 11.6 Å². The largest absolute Gasteiger partial charge is 0.311 e. The molecule has 19 heavy (non-hydrogen) atoms. The van der Waals surface area contributed by atoms with Crippen LogP contribution in [0.1, 0.15) is 11.6 Å². The van der Waals surface area contributed by atoms with Crippen LogP contribution in [0.4, 0.5) is 8.78 Å². The Balaban J connectivity index is 2.33. The van der Waals surface area contributed by atoms with Crippen LogP contribution in [0.5, 0.6) is 0 Å². The molecule has 1 heterocycles. The molecular formula is C14H21F2N3. The molecule has 0 aliphatic carbocycles. The van der Waals surface area contributed by atoms with E-state index in [0.29, 0.717) is 0 Å². The molecule has 1 aromatic carbocycles. The van der Waals surface area contributed by atoms with Crippen LogP contribution in [0.2, 0.25) is 0 Å². The van der Waals surface area contributed by atoms with Crippen LogP contribution in [-0.4, -0.2) is 56.6 Å². The minimum absolute atomic E-state index is 0.0511. The molecule has 1 aliphatic rings. The lowest BCUT2D eigenvalue weighted by Gasteiger charge is -2.42. The zero-order valence-electron chi connectivity index (χ0n) is 11.7. The molecule has 5 heteroatoms. The van der Waals surface area contributed by atoms with Gasteiger partial charge >= 0.3 is 0 Å². The van der Waals surface area contributed by atoms with E-state index in [9.17, 15) is 8.78 Å². The third kappa shape index (κ3) is 2.94. The van der Waals surface area contributed by atoms with Gasteiger partial charge in [0, 0.05) is 31.2 Å². The molecule has 0 saturated carbocycles. The number of piperazine rings is 1. The summed E-state index contributed by atoms with van der Waals surface area (Å²) in [5, 5.41) is 3.07. The summed E-state index contributed by atoms with van der Waals surface area (Å²) in [5.74, 6) is -0.970. The monoisotopic (exact) mass is 269 g/mol. The lowest BCUT2D eigenvalue weighted by molar-refractivity contribution is 0.0877. The summed E-state index contributed by atoms with van der Waals surface area (Å²) < 4.78 is 27.9. The highest BCUT2D eigenvalue weighted by Gasteiger charge is 2.32. The minimum Gasteiger partial charge on any atom is -0.311 e. The van der Waals surface area contributed by atoms with Crippen LogP contribution in [0.15, 0.2) is 18.2 Å². The van der Waals surface area contributed by atoms with Crippen molar-refractivity contribution in [3.63, 3.8) is 0 Å². The zero-order valence-corrected chi connectivity index (χ0v) is 11.7. The second-order valence-electron chi connectivity index (χ2n) is 5.21. The van der Waals surface area contributed by atoms with Crippen molar-refractivity contribution in [1.82, 2.24) is 15.1 Å². The average molecular weight is 269 g/mol. The number of benzene rings is 1. The topological polar surface area (TPSA) is 18.5 Å². The second-order valence-corrected chi connectivity index (χ2v) is 5.21. The Morgan fingerprint density at radius 1 is 1.21 bits per heavy atom. The van der Waals surface area contributed by atoms with Crippen LogP contribution < -0.4 is 5.32 Å². The van der Waals surface area contributed by atoms with Gasteiger partial charge in [0.25, 0.3) is 0 Å². The molecule has 106 valence electrons. The summed E-state index contributed by atoms with van der Waals surface area (Å²) >= 11 is 0. The van der Waals surface area contributed by atoms with E-state index in [1.165, 1.54) is 18.2 Å². The third-order valence-corrected chi connectivity index (χ3v) is 3.91. The number of nitrogens with one attached hydrogen (secondary N) is 1. The molecule has 1 saturated heterocycles. The smallest absolute Gasteiger partial charge is 0.130 e. The molecule has 2 atom stereocenters. The van der Waals surface area contributed by atoms with E-state index in [1.807, 2.05) is 14.1 Å². The molecule has 0 amide bonds. The van der Waals surface area contributed by atoms with Gasteiger partial charge in [0.2, 0.25) is 0 Å². The van der Waals surface area contributed by atoms with Crippen LogP contribution in [0.25, 0.3) is 0 Å². The van der Waals surface area contributed by atoms with Crippen molar-refractivity contribution in [2.45, 2.75) is 12.1 Å². The summed E-state index contributed by atoms with van der Waals surface area (Å²) in [6.45, 7) is 2.66. The summed E-state index contributed by atoms with van der Waals surface area (Å²) in [5.41, 5.74) is 0.136. The van der Waals surface area contributed by atoms with Crippen LogP contribution in [-0.2, 0) is 0 Å². The zero-order chi connectivity index (χ0) is 14.0. The Bertz CT molecular complexity index is 418. The highest BCUT2D eigenvalue weighted by Crippen LogP contribution is 2.27. The average Bonchev–Trinajstić information content (AvgIpc) is 2.37. The van der Waals surface area contributed by atoms with Gasteiger partial charge in [-0.1, -0.05) is 6.07 Å². The van der Waals surface area contributed by atoms with E-state index in [4.69, 9.17) is 0 Å². The van der Waals surface area contributed by atoms with Gasteiger partial charge in [-0.25, -0.2) is 8.78 Å². The van der Waals surface area contributed by atoms with Crippen molar-refractivity contribution in [2.24, 2.45) is 0 Å². The Labute approximate surface area is 113 Å². The Hall–Kier alpha value is -1.04. The first-order valence-electron chi connectivity index (χ1n) is 6.54. The Morgan fingerprint density at radius 2 is 1.84 bits per heavy atom. The van der Waals surface area contributed by atoms with Gasteiger partial charge in [0.05, 0.1) is 6.04 Å². The molecule has 0 aromatic heterocycles. The molecule has 0 bridgehead atoms. The summed E-state index contributed by atoms with van der Waals surface area (Å²) in [7, 11) is 5.78. The number of likely N-dealkylation sites (N-methyl/N-ethyl adjacent to an activating group) is 3. The molecule has 2 rings (SSSR count). The maximum Gasteiger partial charge on any atom is 0.130 e. The number of nitrogens with zero attached hydrogens (tertiary/aromatic N) is 2. The molecular weight excluding hydrogens is 248 g/mol. The van der Waals surface area contributed by atoms with Gasteiger partial charge in [0.1, 0.15) is 11.6 Å². The first-order chi connectivity index (χ1) is 9.04. The van der Waals surface area contributed by atoms with Gasteiger partial charge in [-0.15, -0.1) is 0 Å². The van der Waals surface area contributed by atoms with Crippen molar-refractivity contribution in [3.05, 3.63) is 35.4 Å². The van der Waals surface area contributed by atoms with E-state index in [-0.39, 0.29) is 17.6 Å². The van der Waals surface area contributed by atoms with Gasteiger partial charge < -0.3 is 10.2 Å². The quantitative estimate of drug-likeness (QED) is 0.896. The van der Waals surface area contributed by atoms with Crippen LogP contribution in [0.3, 0.4) is 0 Å². The molecule has 3 nitrogen and oxygen atoms in total. The molecule has 2 unspecified atom stereocenters. The predicted molar refractivity (Wildman–Crippen MR) is 72.1 cm³/mol. The Morgan fingerprint density at radius 3 is 2.42 bits per heavy atom. The van der Waals surface area contributed by atoms with Crippen molar-refractivity contribution in [3.8, 4) is 0 Å². The van der Waals surface area contributed by atoms with E-state index >= 15 is 0 Å². The lowest BCUT2D eigenvalue weighted by Crippen LogP contribution is -2.55. The number of hydrogen-bond acceptors (Lipinski definition) is 3. The third-order valence-electron chi connectivity index (χ3n) is 3.91. The maximum atomic E-state index is 14.0. The first kappa shape index (κ1) is 14.4. The van der Waals surface area contributed by atoms with Gasteiger partial charge in [-0.3, -0.25) is 4.90 Å².